The van der Waals surface area contributed by atoms with Gasteiger partial charge in [-0.15, -0.1) is 11.8 Å². The Balaban J connectivity index is 0.000000298. The molecule has 8 nitrogen and oxygen atoms in total. The Hall–Kier alpha value is -3.70. The third kappa shape index (κ3) is 16.7. The van der Waals surface area contributed by atoms with Gasteiger partial charge in [0.15, 0.2) is 6.29 Å². The second-order valence-corrected chi connectivity index (χ2v) is 19.0. The predicted octanol–water partition coefficient (Wildman–Crippen LogP) is 12.5. The number of hydrogen-bond donors (Lipinski definition) is 0. The predicted molar refractivity (Wildman–Crippen MR) is 256 cm³/mol. The topological polar surface area (TPSA) is 75.7 Å². The zero-order valence-electron chi connectivity index (χ0n) is 39.0. The molecule has 1 amide bonds. The van der Waals surface area contributed by atoms with Crippen molar-refractivity contribution in [1.82, 2.24) is 4.90 Å². The van der Waals surface area contributed by atoms with E-state index in [9.17, 15) is 4.79 Å². The van der Waals surface area contributed by atoms with Crippen molar-refractivity contribution in [2.75, 3.05) is 32.1 Å². The first kappa shape index (κ1) is 50.3. The molecule has 0 N–H and O–H groups in total. The van der Waals surface area contributed by atoms with Crippen molar-refractivity contribution in [3.8, 4) is 0 Å². The zero-order chi connectivity index (χ0) is 44.8. The molecule has 4 unspecified atom stereocenters. The normalized spacial score (nSPS) is 25.7. The summed E-state index contributed by atoms with van der Waals surface area (Å²) in [6.07, 6.45) is 2.44. The molecule has 0 spiro atoms. The molecule has 0 saturated carbocycles. The zero-order valence-corrected chi connectivity index (χ0v) is 39.8. The standard InChI is InChI=1S/C36H47NO5.C18H28O2S/c1-28-29(2)34(27-39-25-32-18-10-5-11-19-32)42-35(30(28)3)40-23-15-7-14-22-37(24-31-16-8-4-9-17-31)36(38)41-26-33-20-12-6-13-21-33;1-5-21-18-15(4)13(2)14(3)17(20-18)12-19-11-16-9-7-6-8-10-16/h4-6,8-13,16-21,28-30,34-35H,7,14-15,22-27H2,1-3H3;6-10,13-15,17-18H,5,11-12H2,1-4H3/t28-,29+,30?,34?,35+;13-,14+,15?,17?,18-/m00/s1. The Morgan fingerprint density at radius 1 is 0.556 bits per heavy atom. The number of nitrogens with zero attached hydrogens (tertiary/aromatic N) is 1. The molecule has 0 aliphatic carbocycles. The Labute approximate surface area is 383 Å². The molecule has 0 bridgehead atoms. The van der Waals surface area contributed by atoms with Gasteiger partial charge < -0.3 is 33.3 Å². The van der Waals surface area contributed by atoms with Gasteiger partial charge in [0.25, 0.3) is 0 Å². The summed E-state index contributed by atoms with van der Waals surface area (Å²) in [5, 5.41) is 0. The summed E-state index contributed by atoms with van der Waals surface area (Å²) in [6.45, 7) is 20.5. The summed E-state index contributed by atoms with van der Waals surface area (Å²) >= 11 is 1.92. The van der Waals surface area contributed by atoms with Crippen LogP contribution in [0.15, 0.2) is 121 Å². The second-order valence-electron chi connectivity index (χ2n) is 17.6. The molecule has 6 rings (SSSR count). The number of carbonyl (C=O) groups is 1. The fourth-order valence-corrected chi connectivity index (χ4v) is 9.37. The minimum atomic E-state index is -0.285. The van der Waals surface area contributed by atoms with Crippen LogP contribution in [0, 0.1) is 35.5 Å². The van der Waals surface area contributed by atoms with Gasteiger partial charge in [0.2, 0.25) is 0 Å². The van der Waals surface area contributed by atoms with Crippen molar-refractivity contribution in [2.45, 2.75) is 118 Å². The number of benzene rings is 4. The monoisotopic (exact) mass is 882 g/mol. The maximum absolute atomic E-state index is 13.0. The van der Waals surface area contributed by atoms with Crippen molar-refractivity contribution in [3.63, 3.8) is 0 Å². The van der Waals surface area contributed by atoms with Gasteiger partial charge in [-0.2, -0.15) is 0 Å². The quantitative estimate of drug-likeness (QED) is 0.0766. The highest BCUT2D eigenvalue weighted by Gasteiger charge is 2.40. The van der Waals surface area contributed by atoms with Crippen LogP contribution in [0.3, 0.4) is 0 Å². The third-order valence-electron chi connectivity index (χ3n) is 13.1. The maximum Gasteiger partial charge on any atom is 0.410 e. The summed E-state index contributed by atoms with van der Waals surface area (Å²) in [7, 11) is 0. The lowest BCUT2D eigenvalue weighted by atomic mass is 9.79. The van der Waals surface area contributed by atoms with Gasteiger partial charge in [0.05, 0.1) is 38.6 Å². The Morgan fingerprint density at radius 3 is 1.56 bits per heavy atom. The minimum absolute atomic E-state index is 0.0124. The van der Waals surface area contributed by atoms with Crippen molar-refractivity contribution in [3.05, 3.63) is 144 Å². The molecule has 4 aromatic rings. The van der Waals surface area contributed by atoms with E-state index in [1.54, 1.807) is 4.90 Å². The minimum Gasteiger partial charge on any atom is -0.445 e. The van der Waals surface area contributed by atoms with Crippen molar-refractivity contribution < 1.29 is 33.2 Å². The van der Waals surface area contributed by atoms with E-state index in [1.165, 1.54) is 11.1 Å². The van der Waals surface area contributed by atoms with Crippen molar-refractivity contribution in [2.24, 2.45) is 35.5 Å². The lowest BCUT2D eigenvalue weighted by Gasteiger charge is -2.43. The number of hydrogen-bond acceptors (Lipinski definition) is 8. The fraction of sp³-hybridized carbons (Fsp3) is 0.537. The number of amides is 1. The summed E-state index contributed by atoms with van der Waals surface area (Å²) in [4.78, 5) is 14.8. The van der Waals surface area contributed by atoms with Gasteiger partial charge in [0, 0.05) is 25.6 Å². The van der Waals surface area contributed by atoms with Gasteiger partial charge in [0.1, 0.15) is 12.0 Å². The van der Waals surface area contributed by atoms with E-state index in [1.807, 2.05) is 96.7 Å². The van der Waals surface area contributed by atoms with Crippen LogP contribution in [0.1, 0.15) is 90.0 Å². The molecule has 4 aromatic carbocycles. The highest BCUT2D eigenvalue weighted by atomic mass is 32.2. The average Bonchev–Trinajstić information content (AvgIpc) is 3.31. The van der Waals surface area contributed by atoms with Crippen LogP contribution >= 0.6 is 11.8 Å². The van der Waals surface area contributed by atoms with Crippen LogP contribution in [-0.4, -0.2) is 67.0 Å². The largest absolute Gasteiger partial charge is 0.445 e. The lowest BCUT2D eigenvalue weighted by molar-refractivity contribution is -0.257. The van der Waals surface area contributed by atoms with Crippen LogP contribution in [0.5, 0.6) is 0 Å². The van der Waals surface area contributed by atoms with Gasteiger partial charge in [-0.3, -0.25) is 0 Å². The van der Waals surface area contributed by atoms with Crippen molar-refractivity contribution >= 4 is 17.9 Å². The van der Waals surface area contributed by atoms with Gasteiger partial charge in [-0.05, 0) is 76.9 Å². The van der Waals surface area contributed by atoms with Gasteiger partial charge in [-0.1, -0.05) is 170 Å². The van der Waals surface area contributed by atoms with Crippen LogP contribution < -0.4 is 0 Å². The van der Waals surface area contributed by atoms with Crippen LogP contribution in [-0.2, 0) is 54.8 Å². The van der Waals surface area contributed by atoms with Crippen molar-refractivity contribution in [1.29, 1.82) is 0 Å². The number of unbranched alkanes of at least 4 members (excludes halogenated alkanes) is 2. The van der Waals surface area contributed by atoms with E-state index in [4.69, 9.17) is 28.4 Å². The summed E-state index contributed by atoms with van der Waals surface area (Å²) in [5.74, 6) is 4.11. The molecule has 63 heavy (non-hydrogen) atoms. The number of ether oxygens (including phenoxy) is 6. The van der Waals surface area contributed by atoms with Gasteiger partial charge in [-0.25, -0.2) is 4.79 Å². The molecule has 2 heterocycles. The van der Waals surface area contributed by atoms with E-state index >= 15 is 0 Å². The number of rotatable bonds is 21. The van der Waals surface area contributed by atoms with E-state index in [2.05, 4.69) is 84.9 Å². The van der Waals surface area contributed by atoms with Crippen LogP contribution in [0.2, 0.25) is 0 Å². The molecule has 2 fully saturated rings. The van der Waals surface area contributed by atoms with Crippen LogP contribution in [0.25, 0.3) is 0 Å². The smallest absolute Gasteiger partial charge is 0.410 e. The van der Waals surface area contributed by atoms with Crippen LogP contribution in [0.4, 0.5) is 4.79 Å². The lowest BCUT2D eigenvalue weighted by Crippen LogP contribution is -2.47. The molecule has 2 saturated heterocycles. The highest BCUT2D eigenvalue weighted by Crippen LogP contribution is 2.39. The Kier molecular flexibility index (Phi) is 22.0. The first-order valence-corrected chi connectivity index (χ1v) is 24.5. The summed E-state index contributed by atoms with van der Waals surface area (Å²) in [6, 6.07) is 40.4. The number of thioether (sulfide) groups is 1. The van der Waals surface area contributed by atoms with E-state index in [0.29, 0.717) is 87.1 Å². The van der Waals surface area contributed by atoms with E-state index in [0.717, 1.165) is 36.1 Å². The molecule has 9 heteroatoms. The van der Waals surface area contributed by atoms with Gasteiger partial charge >= 0.3 is 6.09 Å². The summed E-state index contributed by atoms with van der Waals surface area (Å²) < 4.78 is 36.5. The Bertz CT molecular complexity index is 1800. The number of carbonyl (C=O) groups excluding carboxylic acids is 1. The molecule has 2 aliphatic heterocycles. The molecular weight excluding hydrogens is 807 g/mol. The first-order chi connectivity index (χ1) is 30.6. The SMILES string of the molecule is CC1[C@H](OCCCCCN(Cc2ccccc2)C(=O)OCc2ccccc2)OC(COCc2ccccc2)[C@H](C)[C@@H]1C.CCS[C@@H]1OC(COCc2ccccc2)[C@H](C)[C@H](C)C1C. The van der Waals surface area contributed by atoms with E-state index in [-0.39, 0.29) is 31.2 Å². The molecule has 344 valence electrons. The average molecular weight is 882 g/mol. The fourth-order valence-electron chi connectivity index (χ4n) is 8.26. The molecule has 2 aliphatic rings. The maximum atomic E-state index is 13.0. The molecule has 0 radical (unpaired) electrons. The molecule has 10 atom stereocenters. The Morgan fingerprint density at radius 2 is 1.03 bits per heavy atom. The molecular formula is C54H75NO7S. The summed E-state index contributed by atoms with van der Waals surface area (Å²) in [5.41, 5.74) is 4.78. The first-order valence-electron chi connectivity index (χ1n) is 23.4. The third-order valence-corrected chi connectivity index (χ3v) is 14.3. The molecule has 0 aromatic heterocycles. The highest BCUT2D eigenvalue weighted by molar-refractivity contribution is 7.99. The second kappa shape index (κ2) is 27.6. The van der Waals surface area contributed by atoms with E-state index < -0.39 is 0 Å².